The van der Waals surface area contributed by atoms with Gasteiger partial charge in [-0.1, -0.05) is 25.5 Å². The Morgan fingerprint density at radius 2 is 2.32 bits per heavy atom. The third-order valence-corrected chi connectivity index (χ3v) is 4.79. The molecule has 1 fully saturated rings. The Bertz CT molecular complexity index is 502. The molecule has 1 saturated heterocycles. The van der Waals surface area contributed by atoms with Crippen molar-refractivity contribution in [2.75, 3.05) is 19.6 Å². The zero-order chi connectivity index (χ0) is 13.1. The number of hydrogen-bond acceptors (Lipinski definition) is 4. The van der Waals surface area contributed by atoms with Gasteiger partial charge in [-0.05, 0) is 18.6 Å². The fourth-order valence-corrected chi connectivity index (χ4v) is 3.78. The monoisotopic (exact) mass is 275 g/mol. The van der Waals surface area contributed by atoms with E-state index in [0.717, 1.165) is 31.7 Å². The van der Waals surface area contributed by atoms with Gasteiger partial charge >= 0.3 is 0 Å². The summed E-state index contributed by atoms with van der Waals surface area (Å²) < 4.78 is 1.31. The second-order valence-electron chi connectivity index (χ2n) is 5.19. The van der Waals surface area contributed by atoms with Crippen LogP contribution in [0.4, 0.5) is 0 Å². The quantitative estimate of drug-likeness (QED) is 0.930. The first-order valence-corrected chi connectivity index (χ1v) is 7.97. The predicted octanol–water partition coefficient (Wildman–Crippen LogP) is 2.87. The van der Waals surface area contributed by atoms with E-state index < -0.39 is 0 Å². The third-order valence-electron chi connectivity index (χ3n) is 3.77. The minimum absolute atomic E-state index is 0.672. The average Bonchev–Trinajstić information content (AvgIpc) is 2.83. The molecule has 0 aliphatic carbocycles. The van der Waals surface area contributed by atoms with Crippen LogP contribution in [-0.4, -0.2) is 35.6 Å². The zero-order valence-electron chi connectivity index (χ0n) is 11.4. The van der Waals surface area contributed by atoms with Crippen LogP contribution in [0.2, 0.25) is 0 Å². The Labute approximate surface area is 118 Å². The molecule has 0 amide bonds. The molecule has 2 aromatic rings. The van der Waals surface area contributed by atoms with Crippen molar-refractivity contribution < 1.29 is 0 Å². The van der Waals surface area contributed by atoms with E-state index in [0.29, 0.717) is 6.04 Å². The van der Waals surface area contributed by atoms with Crippen LogP contribution in [0.5, 0.6) is 0 Å². The number of rotatable bonds is 4. The van der Waals surface area contributed by atoms with Gasteiger partial charge in [0, 0.05) is 25.7 Å². The predicted molar refractivity (Wildman–Crippen MR) is 81.6 cm³/mol. The number of piperazine rings is 1. The number of para-hydroxylation sites is 1. The van der Waals surface area contributed by atoms with Crippen molar-refractivity contribution in [3.05, 3.63) is 29.3 Å². The molecule has 3 rings (SSSR count). The molecule has 0 spiro atoms. The van der Waals surface area contributed by atoms with E-state index in [1.807, 2.05) is 11.3 Å². The molecule has 1 atom stereocenters. The summed E-state index contributed by atoms with van der Waals surface area (Å²) in [4.78, 5) is 7.35. The van der Waals surface area contributed by atoms with Gasteiger partial charge in [0.2, 0.25) is 0 Å². The number of hydrogen-bond donors (Lipinski definition) is 1. The Kier molecular flexibility index (Phi) is 4.11. The van der Waals surface area contributed by atoms with Crippen LogP contribution < -0.4 is 5.32 Å². The number of fused-ring (bicyclic) bond motifs is 1. The fraction of sp³-hybridized carbons (Fsp3) is 0.533. The van der Waals surface area contributed by atoms with Crippen LogP contribution in [0.15, 0.2) is 24.3 Å². The van der Waals surface area contributed by atoms with E-state index in [2.05, 4.69) is 41.4 Å². The lowest BCUT2D eigenvalue weighted by Crippen LogP contribution is -2.50. The Hall–Kier alpha value is -0.970. The summed E-state index contributed by atoms with van der Waals surface area (Å²) >= 11 is 1.84. The van der Waals surface area contributed by atoms with E-state index in [1.165, 1.54) is 22.5 Å². The van der Waals surface area contributed by atoms with E-state index in [9.17, 15) is 0 Å². The second-order valence-corrected chi connectivity index (χ2v) is 6.31. The first-order chi connectivity index (χ1) is 9.36. The molecule has 1 aliphatic rings. The second kappa shape index (κ2) is 5.99. The maximum atomic E-state index is 4.76. The van der Waals surface area contributed by atoms with Crippen molar-refractivity contribution in [2.24, 2.45) is 0 Å². The summed E-state index contributed by atoms with van der Waals surface area (Å²) in [6, 6.07) is 9.10. The van der Waals surface area contributed by atoms with E-state index >= 15 is 0 Å². The highest BCUT2D eigenvalue weighted by Gasteiger charge is 2.22. The van der Waals surface area contributed by atoms with Gasteiger partial charge in [-0.15, -0.1) is 11.3 Å². The lowest BCUT2D eigenvalue weighted by Gasteiger charge is -2.35. The largest absolute Gasteiger partial charge is 0.314 e. The SMILES string of the molecule is CCCC1CNCCN1Cc1nc2ccccc2s1. The Morgan fingerprint density at radius 3 is 3.16 bits per heavy atom. The number of benzene rings is 1. The summed E-state index contributed by atoms with van der Waals surface area (Å²) in [6.45, 7) is 6.64. The topological polar surface area (TPSA) is 28.2 Å². The van der Waals surface area contributed by atoms with Gasteiger partial charge in [0.25, 0.3) is 0 Å². The molecule has 0 bridgehead atoms. The van der Waals surface area contributed by atoms with Gasteiger partial charge in [-0.3, -0.25) is 4.90 Å². The number of nitrogens with one attached hydrogen (secondary N) is 1. The number of thiazole rings is 1. The van der Waals surface area contributed by atoms with Crippen molar-refractivity contribution in [2.45, 2.75) is 32.4 Å². The fourth-order valence-electron chi connectivity index (χ4n) is 2.79. The van der Waals surface area contributed by atoms with Gasteiger partial charge < -0.3 is 5.32 Å². The smallest absolute Gasteiger partial charge is 0.108 e. The molecule has 1 N–H and O–H groups in total. The van der Waals surface area contributed by atoms with Gasteiger partial charge in [-0.2, -0.15) is 0 Å². The molecule has 0 radical (unpaired) electrons. The molecular formula is C15H21N3S. The molecule has 1 aliphatic heterocycles. The molecule has 1 unspecified atom stereocenters. The van der Waals surface area contributed by atoms with Crippen LogP contribution in [0.25, 0.3) is 10.2 Å². The molecule has 102 valence electrons. The summed E-state index contributed by atoms with van der Waals surface area (Å²) in [7, 11) is 0. The van der Waals surface area contributed by atoms with Crippen molar-refractivity contribution in [1.82, 2.24) is 15.2 Å². The summed E-state index contributed by atoms with van der Waals surface area (Å²) in [5, 5.41) is 4.76. The summed E-state index contributed by atoms with van der Waals surface area (Å²) in [6.07, 6.45) is 2.53. The molecule has 4 heteroatoms. The number of aromatic nitrogens is 1. The highest BCUT2D eigenvalue weighted by molar-refractivity contribution is 7.18. The molecule has 1 aromatic carbocycles. The summed E-state index contributed by atoms with van der Waals surface area (Å²) in [5.41, 5.74) is 1.14. The van der Waals surface area contributed by atoms with Crippen molar-refractivity contribution >= 4 is 21.6 Å². The standard InChI is InChI=1S/C15H21N3S/c1-2-5-12-10-16-8-9-18(12)11-15-17-13-6-3-4-7-14(13)19-15/h3-4,6-7,12,16H,2,5,8-11H2,1H3. The van der Waals surface area contributed by atoms with Gasteiger partial charge in [0.1, 0.15) is 5.01 Å². The normalized spacial score (nSPS) is 21.0. The van der Waals surface area contributed by atoms with Crippen molar-refractivity contribution in [1.29, 1.82) is 0 Å². The van der Waals surface area contributed by atoms with Crippen LogP contribution in [-0.2, 0) is 6.54 Å². The van der Waals surface area contributed by atoms with Gasteiger partial charge in [-0.25, -0.2) is 4.98 Å². The van der Waals surface area contributed by atoms with Crippen LogP contribution in [0.1, 0.15) is 24.8 Å². The first kappa shape index (κ1) is 13.0. The lowest BCUT2D eigenvalue weighted by atomic mass is 10.1. The maximum Gasteiger partial charge on any atom is 0.108 e. The third kappa shape index (κ3) is 2.96. The molecule has 1 aromatic heterocycles. The van der Waals surface area contributed by atoms with E-state index in [4.69, 9.17) is 4.98 Å². The maximum absolute atomic E-state index is 4.76. The molecular weight excluding hydrogens is 254 g/mol. The summed E-state index contributed by atoms with van der Waals surface area (Å²) in [5.74, 6) is 0. The lowest BCUT2D eigenvalue weighted by molar-refractivity contribution is 0.144. The first-order valence-electron chi connectivity index (χ1n) is 7.16. The Morgan fingerprint density at radius 1 is 1.42 bits per heavy atom. The molecule has 2 heterocycles. The van der Waals surface area contributed by atoms with E-state index in [-0.39, 0.29) is 0 Å². The van der Waals surface area contributed by atoms with Gasteiger partial charge in [0.15, 0.2) is 0 Å². The molecule has 3 nitrogen and oxygen atoms in total. The van der Waals surface area contributed by atoms with Crippen LogP contribution >= 0.6 is 11.3 Å². The average molecular weight is 275 g/mol. The highest BCUT2D eigenvalue weighted by atomic mass is 32.1. The van der Waals surface area contributed by atoms with Crippen molar-refractivity contribution in [3.63, 3.8) is 0 Å². The van der Waals surface area contributed by atoms with Crippen LogP contribution in [0.3, 0.4) is 0 Å². The number of nitrogens with zero attached hydrogens (tertiary/aromatic N) is 2. The van der Waals surface area contributed by atoms with E-state index in [1.54, 1.807) is 0 Å². The van der Waals surface area contributed by atoms with Gasteiger partial charge in [0.05, 0.1) is 16.8 Å². The Balaban J connectivity index is 1.75. The van der Waals surface area contributed by atoms with Crippen LogP contribution in [0, 0.1) is 0 Å². The molecule has 0 saturated carbocycles. The van der Waals surface area contributed by atoms with Crippen molar-refractivity contribution in [3.8, 4) is 0 Å². The minimum Gasteiger partial charge on any atom is -0.314 e. The minimum atomic E-state index is 0.672. The highest BCUT2D eigenvalue weighted by Crippen LogP contribution is 2.24. The molecule has 19 heavy (non-hydrogen) atoms. The zero-order valence-corrected chi connectivity index (χ0v) is 12.2.